The van der Waals surface area contributed by atoms with Crippen LogP contribution in [0.1, 0.15) is 18.8 Å². The van der Waals surface area contributed by atoms with E-state index in [9.17, 15) is 0 Å². The molecule has 3 nitrogen and oxygen atoms in total. The van der Waals surface area contributed by atoms with E-state index in [2.05, 4.69) is 4.98 Å². The highest BCUT2D eigenvalue weighted by Crippen LogP contribution is 2.24. The first-order valence-corrected chi connectivity index (χ1v) is 4.85. The fourth-order valence-electron chi connectivity index (χ4n) is 1.61. The molecule has 4 heteroatoms. The van der Waals surface area contributed by atoms with Gasteiger partial charge in [0.2, 0.25) is 0 Å². The zero-order valence-electron chi connectivity index (χ0n) is 8.16. The largest absolute Gasteiger partial charge is 0.330 e. The van der Waals surface area contributed by atoms with Crippen LogP contribution in [-0.4, -0.2) is 9.55 Å². The number of para-hydroxylation sites is 1. The normalized spacial score (nSPS) is 13.4. The van der Waals surface area contributed by atoms with Crippen LogP contribution in [0.25, 0.3) is 11.0 Å². The first-order chi connectivity index (χ1) is 6.61. The SMILES string of the molecule is CC(N)c1nc2c(Cl)cccc2n1C. The van der Waals surface area contributed by atoms with Crippen LogP contribution in [0.3, 0.4) is 0 Å². The second-order valence-corrected chi connectivity index (χ2v) is 3.83. The average Bonchev–Trinajstić information content (AvgIpc) is 2.46. The van der Waals surface area contributed by atoms with Gasteiger partial charge in [0.25, 0.3) is 0 Å². The number of imidazole rings is 1. The predicted molar refractivity (Wildman–Crippen MR) is 58.3 cm³/mol. The van der Waals surface area contributed by atoms with E-state index in [-0.39, 0.29) is 6.04 Å². The van der Waals surface area contributed by atoms with Gasteiger partial charge in [-0.15, -0.1) is 0 Å². The van der Waals surface area contributed by atoms with Crippen molar-refractivity contribution in [2.24, 2.45) is 12.8 Å². The lowest BCUT2D eigenvalue weighted by Crippen LogP contribution is -2.11. The summed E-state index contributed by atoms with van der Waals surface area (Å²) in [4.78, 5) is 4.42. The summed E-state index contributed by atoms with van der Waals surface area (Å²) in [5.74, 6) is 0.855. The maximum atomic E-state index is 6.03. The molecule has 1 heterocycles. The molecule has 0 aliphatic rings. The second-order valence-electron chi connectivity index (χ2n) is 3.43. The third kappa shape index (κ3) is 1.29. The van der Waals surface area contributed by atoms with Gasteiger partial charge >= 0.3 is 0 Å². The predicted octanol–water partition coefficient (Wildman–Crippen LogP) is 2.25. The van der Waals surface area contributed by atoms with Gasteiger partial charge in [0.15, 0.2) is 0 Å². The van der Waals surface area contributed by atoms with Gasteiger partial charge in [0.1, 0.15) is 11.3 Å². The van der Waals surface area contributed by atoms with Crippen LogP contribution in [0.15, 0.2) is 18.2 Å². The van der Waals surface area contributed by atoms with Crippen LogP contribution in [-0.2, 0) is 7.05 Å². The van der Waals surface area contributed by atoms with E-state index < -0.39 is 0 Å². The molecular formula is C10H12ClN3. The lowest BCUT2D eigenvalue weighted by atomic mass is 10.3. The summed E-state index contributed by atoms with van der Waals surface area (Å²) in [5, 5.41) is 0.671. The Hall–Kier alpha value is -1.06. The van der Waals surface area contributed by atoms with Gasteiger partial charge in [0, 0.05) is 7.05 Å². The van der Waals surface area contributed by atoms with E-state index in [1.54, 1.807) is 0 Å². The maximum absolute atomic E-state index is 6.03. The molecule has 2 aromatic rings. The molecule has 0 radical (unpaired) electrons. The Morgan fingerprint density at radius 1 is 1.50 bits per heavy atom. The number of hydrogen-bond donors (Lipinski definition) is 1. The van der Waals surface area contributed by atoms with Gasteiger partial charge < -0.3 is 10.3 Å². The number of fused-ring (bicyclic) bond motifs is 1. The van der Waals surface area contributed by atoms with E-state index in [0.29, 0.717) is 5.02 Å². The molecule has 1 unspecified atom stereocenters. The van der Waals surface area contributed by atoms with Gasteiger partial charge in [0.05, 0.1) is 16.6 Å². The highest BCUT2D eigenvalue weighted by molar-refractivity contribution is 6.34. The van der Waals surface area contributed by atoms with Crippen LogP contribution >= 0.6 is 11.6 Å². The molecule has 0 aliphatic carbocycles. The number of nitrogens with zero attached hydrogens (tertiary/aromatic N) is 2. The number of nitrogens with two attached hydrogens (primary N) is 1. The van der Waals surface area contributed by atoms with Gasteiger partial charge in [-0.05, 0) is 19.1 Å². The molecule has 1 atom stereocenters. The molecule has 1 aromatic heterocycles. The van der Waals surface area contributed by atoms with Gasteiger partial charge in [-0.3, -0.25) is 0 Å². The minimum atomic E-state index is -0.0801. The number of rotatable bonds is 1. The van der Waals surface area contributed by atoms with E-state index in [1.807, 2.05) is 36.7 Å². The van der Waals surface area contributed by atoms with Crippen molar-refractivity contribution in [3.63, 3.8) is 0 Å². The summed E-state index contributed by atoms with van der Waals surface area (Å²) in [7, 11) is 1.95. The highest BCUT2D eigenvalue weighted by Gasteiger charge is 2.12. The lowest BCUT2D eigenvalue weighted by molar-refractivity contribution is 0.696. The second kappa shape index (κ2) is 3.26. The molecule has 0 bridgehead atoms. The Labute approximate surface area is 87.5 Å². The Kier molecular flexibility index (Phi) is 2.21. The number of halogens is 1. The summed E-state index contributed by atoms with van der Waals surface area (Å²) >= 11 is 6.03. The topological polar surface area (TPSA) is 43.8 Å². The molecule has 2 N–H and O–H groups in total. The zero-order chi connectivity index (χ0) is 10.3. The molecule has 2 rings (SSSR count). The monoisotopic (exact) mass is 209 g/mol. The third-order valence-electron chi connectivity index (χ3n) is 2.30. The summed E-state index contributed by atoms with van der Waals surface area (Å²) < 4.78 is 1.98. The van der Waals surface area contributed by atoms with Crippen LogP contribution in [0.2, 0.25) is 5.02 Å². The van der Waals surface area contributed by atoms with Crippen molar-refractivity contribution in [2.45, 2.75) is 13.0 Å². The van der Waals surface area contributed by atoms with Crippen LogP contribution in [0.5, 0.6) is 0 Å². The fourth-order valence-corrected chi connectivity index (χ4v) is 1.82. The van der Waals surface area contributed by atoms with Crippen molar-refractivity contribution >= 4 is 22.6 Å². The summed E-state index contributed by atoms with van der Waals surface area (Å²) in [5.41, 5.74) is 7.64. The zero-order valence-corrected chi connectivity index (χ0v) is 8.92. The molecule has 0 fully saturated rings. The van der Waals surface area contributed by atoms with Crippen LogP contribution < -0.4 is 5.73 Å². The number of benzene rings is 1. The van der Waals surface area contributed by atoms with Crippen molar-refractivity contribution in [1.82, 2.24) is 9.55 Å². The maximum Gasteiger partial charge on any atom is 0.126 e. The summed E-state index contributed by atoms with van der Waals surface area (Å²) in [6, 6.07) is 5.66. The summed E-state index contributed by atoms with van der Waals surface area (Å²) in [6.07, 6.45) is 0. The van der Waals surface area contributed by atoms with Crippen molar-refractivity contribution in [1.29, 1.82) is 0 Å². The minimum absolute atomic E-state index is 0.0801. The third-order valence-corrected chi connectivity index (χ3v) is 2.61. The molecule has 0 saturated carbocycles. The van der Waals surface area contributed by atoms with Crippen molar-refractivity contribution in [3.8, 4) is 0 Å². The Balaban J connectivity index is 2.80. The standard InChI is InChI=1S/C10H12ClN3/c1-6(12)10-13-9-7(11)4-3-5-8(9)14(10)2/h3-6H,12H2,1-2H3. The number of aromatic nitrogens is 2. The van der Waals surface area contributed by atoms with Crippen molar-refractivity contribution < 1.29 is 0 Å². The molecule has 14 heavy (non-hydrogen) atoms. The molecule has 0 amide bonds. The first kappa shape index (κ1) is 9.49. The molecule has 0 saturated heterocycles. The molecular weight excluding hydrogens is 198 g/mol. The molecule has 0 spiro atoms. The number of aryl methyl sites for hydroxylation is 1. The van der Waals surface area contributed by atoms with Crippen LogP contribution in [0.4, 0.5) is 0 Å². The Morgan fingerprint density at radius 2 is 2.21 bits per heavy atom. The molecule has 1 aromatic carbocycles. The van der Waals surface area contributed by atoms with Crippen molar-refractivity contribution in [3.05, 3.63) is 29.0 Å². The Bertz CT molecular complexity index is 473. The fraction of sp³-hybridized carbons (Fsp3) is 0.300. The van der Waals surface area contributed by atoms with Gasteiger partial charge in [-0.1, -0.05) is 17.7 Å². The average molecular weight is 210 g/mol. The minimum Gasteiger partial charge on any atom is -0.330 e. The van der Waals surface area contributed by atoms with Gasteiger partial charge in [-0.25, -0.2) is 4.98 Å². The van der Waals surface area contributed by atoms with E-state index in [0.717, 1.165) is 16.9 Å². The van der Waals surface area contributed by atoms with Gasteiger partial charge in [-0.2, -0.15) is 0 Å². The molecule has 0 aliphatic heterocycles. The highest BCUT2D eigenvalue weighted by atomic mass is 35.5. The summed E-state index contributed by atoms with van der Waals surface area (Å²) in [6.45, 7) is 1.91. The smallest absolute Gasteiger partial charge is 0.126 e. The van der Waals surface area contributed by atoms with Crippen molar-refractivity contribution in [2.75, 3.05) is 0 Å². The quantitative estimate of drug-likeness (QED) is 0.783. The van der Waals surface area contributed by atoms with E-state index >= 15 is 0 Å². The lowest BCUT2D eigenvalue weighted by Gasteiger charge is -2.04. The van der Waals surface area contributed by atoms with E-state index in [1.165, 1.54) is 0 Å². The van der Waals surface area contributed by atoms with Crippen LogP contribution in [0, 0.1) is 0 Å². The molecule has 74 valence electrons. The Morgan fingerprint density at radius 3 is 2.79 bits per heavy atom. The first-order valence-electron chi connectivity index (χ1n) is 4.47. The van der Waals surface area contributed by atoms with E-state index in [4.69, 9.17) is 17.3 Å². The number of hydrogen-bond acceptors (Lipinski definition) is 2.